The van der Waals surface area contributed by atoms with Gasteiger partial charge in [0, 0.05) is 29.6 Å². The average molecular weight is 521 g/mol. The minimum absolute atomic E-state index is 0.0227. The zero-order valence-corrected chi connectivity index (χ0v) is 23.8. The highest BCUT2D eigenvalue weighted by atomic mass is 16.3. The molecule has 1 unspecified atom stereocenters. The molecule has 0 amide bonds. The van der Waals surface area contributed by atoms with Crippen molar-refractivity contribution >= 4 is 11.6 Å². The molecule has 4 rings (SSSR count). The summed E-state index contributed by atoms with van der Waals surface area (Å²) in [4.78, 5) is 27.5. The summed E-state index contributed by atoms with van der Waals surface area (Å²) in [7, 11) is 0. The maximum atomic E-state index is 14.2. The van der Waals surface area contributed by atoms with Crippen LogP contribution in [0, 0.1) is 39.4 Å². The molecule has 0 aromatic heterocycles. The molecule has 0 heterocycles. The highest BCUT2D eigenvalue weighted by Crippen LogP contribution is 2.74. The summed E-state index contributed by atoms with van der Waals surface area (Å²) in [6, 6.07) is 0. The first kappa shape index (κ1) is 28.9. The van der Waals surface area contributed by atoms with Gasteiger partial charge >= 0.3 is 0 Å². The smallest absolute Gasteiger partial charge is 0.164 e. The van der Waals surface area contributed by atoms with Gasteiger partial charge in [0.15, 0.2) is 5.78 Å². The highest BCUT2D eigenvalue weighted by Gasteiger charge is 2.74. The van der Waals surface area contributed by atoms with Gasteiger partial charge in [-0.1, -0.05) is 46.3 Å². The molecule has 4 aliphatic rings. The molecule has 7 nitrogen and oxygen atoms in total. The number of aliphatic hydroxyl groups is 5. The van der Waals surface area contributed by atoms with Gasteiger partial charge in [0.2, 0.25) is 0 Å². The van der Waals surface area contributed by atoms with Crippen LogP contribution >= 0.6 is 0 Å². The lowest BCUT2D eigenvalue weighted by Crippen LogP contribution is -2.65. The van der Waals surface area contributed by atoms with E-state index in [0.29, 0.717) is 19.3 Å². The molecule has 0 aromatic carbocycles. The van der Waals surface area contributed by atoms with E-state index >= 15 is 0 Å². The summed E-state index contributed by atoms with van der Waals surface area (Å²) < 4.78 is 0. The standard InChI is InChI=1S/C30H48O7/c1-25(2,36)12-11-21(33)30(8,37)23-19(32)14-27(5)20-10-9-16-17(13-18(31)24(35)26(16,3)4)29(20,7)22(34)15-28(23,27)6/h9,17-20,23-24,31-32,35-37H,10-15H2,1-8H3/t17-,18-,19-,20+,23+,24-,27+,28-,29+,30?/m1/s1. The number of carbonyl (C=O) groups excluding carboxylic acids is 2. The first-order valence-corrected chi connectivity index (χ1v) is 13.9. The monoisotopic (exact) mass is 520 g/mol. The van der Waals surface area contributed by atoms with Crippen LogP contribution in [0.1, 0.15) is 93.9 Å². The van der Waals surface area contributed by atoms with Crippen molar-refractivity contribution in [2.24, 2.45) is 39.4 Å². The largest absolute Gasteiger partial charge is 0.393 e. The van der Waals surface area contributed by atoms with Crippen LogP contribution in [0.2, 0.25) is 0 Å². The second-order valence-electron chi connectivity index (χ2n) is 14.8. The molecule has 0 spiro atoms. The second kappa shape index (κ2) is 8.44. The van der Waals surface area contributed by atoms with E-state index < -0.39 is 62.9 Å². The van der Waals surface area contributed by atoms with Crippen LogP contribution in [0.25, 0.3) is 0 Å². The fraction of sp³-hybridized carbons (Fsp3) is 0.867. The Labute approximate surface area is 221 Å². The maximum Gasteiger partial charge on any atom is 0.164 e. The van der Waals surface area contributed by atoms with Gasteiger partial charge in [-0.05, 0) is 69.1 Å². The van der Waals surface area contributed by atoms with E-state index in [4.69, 9.17) is 0 Å². The average Bonchev–Trinajstić information content (AvgIpc) is 2.96. The minimum Gasteiger partial charge on any atom is -0.393 e. The number of rotatable bonds is 5. The van der Waals surface area contributed by atoms with Gasteiger partial charge in [-0.3, -0.25) is 9.59 Å². The molecule has 3 saturated carbocycles. The van der Waals surface area contributed by atoms with Gasteiger partial charge in [0.1, 0.15) is 11.4 Å². The molecule has 0 aliphatic heterocycles. The number of allylic oxidation sites excluding steroid dienone is 1. The van der Waals surface area contributed by atoms with Crippen LogP contribution in [0.5, 0.6) is 0 Å². The van der Waals surface area contributed by atoms with Crippen molar-refractivity contribution in [2.45, 2.75) is 123 Å². The molecule has 210 valence electrons. The molecule has 0 saturated heterocycles. The van der Waals surface area contributed by atoms with Crippen molar-refractivity contribution in [1.82, 2.24) is 0 Å². The van der Waals surface area contributed by atoms with Crippen LogP contribution in [0.4, 0.5) is 0 Å². The predicted molar refractivity (Wildman–Crippen MR) is 139 cm³/mol. The van der Waals surface area contributed by atoms with Crippen molar-refractivity contribution in [3.8, 4) is 0 Å². The summed E-state index contributed by atoms with van der Waals surface area (Å²) in [6.45, 7) is 14.6. The molecule has 10 atom stereocenters. The minimum atomic E-state index is -1.85. The van der Waals surface area contributed by atoms with Crippen molar-refractivity contribution in [3.63, 3.8) is 0 Å². The number of ketones is 2. The van der Waals surface area contributed by atoms with Crippen molar-refractivity contribution < 1.29 is 35.1 Å². The number of hydrogen-bond donors (Lipinski definition) is 5. The lowest BCUT2D eigenvalue weighted by atomic mass is 9.38. The summed E-state index contributed by atoms with van der Waals surface area (Å²) in [6.07, 6.45) is 0.895. The van der Waals surface area contributed by atoms with Crippen molar-refractivity contribution in [1.29, 1.82) is 0 Å². The van der Waals surface area contributed by atoms with E-state index in [1.54, 1.807) is 13.8 Å². The molecule has 7 heteroatoms. The Morgan fingerprint density at radius 1 is 1.00 bits per heavy atom. The zero-order valence-electron chi connectivity index (χ0n) is 23.8. The number of carbonyl (C=O) groups is 2. The molecule has 3 fully saturated rings. The Bertz CT molecular complexity index is 1010. The van der Waals surface area contributed by atoms with Crippen LogP contribution in [-0.4, -0.2) is 66.6 Å². The number of aliphatic hydroxyl groups excluding tert-OH is 3. The molecule has 4 aliphatic carbocycles. The fourth-order valence-corrected chi connectivity index (χ4v) is 9.40. The lowest BCUT2D eigenvalue weighted by Gasteiger charge is -2.65. The van der Waals surface area contributed by atoms with Crippen molar-refractivity contribution in [2.75, 3.05) is 0 Å². The number of hydrogen-bond acceptors (Lipinski definition) is 7. The summed E-state index contributed by atoms with van der Waals surface area (Å²) in [5.74, 6) is -1.60. The Morgan fingerprint density at radius 2 is 1.59 bits per heavy atom. The van der Waals surface area contributed by atoms with Gasteiger partial charge in [0.05, 0.1) is 23.9 Å². The van der Waals surface area contributed by atoms with E-state index in [0.717, 1.165) is 5.57 Å². The van der Waals surface area contributed by atoms with E-state index in [9.17, 15) is 35.1 Å². The van der Waals surface area contributed by atoms with Crippen LogP contribution in [-0.2, 0) is 9.59 Å². The van der Waals surface area contributed by atoms with Gasteiger partial charge < -0.3 is 25.5 Å². The van der Waals surface area contributed by atoms with Crippen LogP contribution < -0.4 is 0 Å². The van der Waals surface area contributed by atoms with Crippen molar-refractivity contribution in [3.05, 3.63) is 11.6 Å². The normalized spacial score (nSPS) is 46.8. The van der Waals surface area contributed by atoms with Gasteiger partial charge in [-0.25, -0.2) is 0 Å². The third kappa shape index (κ3) is 3.86. The molecular weight excluding hydrogens is 472 g/mol. The predicted octanol–water partition coefficient (Wildman–Crippen LogP) is 2.94. The van der Waals surface area contributed by atoms with Crippen LogP contribution in [0.3, 0.4) is 0 Å². The Morgan fingerprint density at radius 3 is 2.16 bits per heavy atom. The van der Waals surface area contributed by atoms with E-state index in [2.05, 4.69) is 13.0 Å². The first-order chi connectivity index (χ1) is 16.7. The van der Waals surface area contributed by atoms with E-state index in [1.165, 1.54) is 6.92 Å². The summed E-state index contributed by atoms with van der Waals surface area (Å²) in [5.41, 5.74) is -4.71. The highest BCUT2D eigenvalue weighted by molar-refractivity contribution is 5.90. The lowest BCUT2D eigenvalue weighted by molar-refractivity contribution is -0.188. The SMILES string of the molecule is CC(C)(O)CCC(=O)C(C)(O)[C@H]1[C@H](O)C[C@@]2(C)[C@@H]3CC=C4[C@@H](C[C@@H](O)[C@@H](O)C4(C)C)[C@]3(C)C(=O)C[C@]12C. The Hall–Kier alpha value is -1.12. The van der Waals surface area contributed by atoms with E-state index in [1.807, 2.05) is 27.7 Å². The van der Waals surface area contributed by atoms with Gasteiger partial charge in [-0.15, -0.1) is 0 Å². The Kier molecular flexibility index (Phi) is 6.59. The van der Waals surface area contributed by atoms with Gasteiger partial charge in [0.25, 0.3) is 0 Å². The number of Topliss-reactive ketones (excluding diaryl/α,β-unsaturated/α-hetero) is 2. The fourth-order valence-electron chi connectivity index (χ4n) is 9.40. The number of fused-ring (bicyclic) bond motifs is 5. The summed E-state index contributed by atoms with van der Waals surface area (Å²) >= 11 is 0. The molecule has 5 N–H and O–H groups in total. The third-order valence-electron chi connectivity index (χ3n) is 11.8. The third-order valence-corrected chi connectivity index (χ3v) is 11.8. The molecule has 0 aromatic rings. The zero-order chi connectivity index (χ0) is 28.1. The maximum absolute atomic E-state index is 14.2. The van der Waals surface area contributed by atoms with E-state index in [-0.39, 0.29) is 36.9 Å². The molecule has 0 radical (unpaired) electrons. The molecular formula is C30H48O7. The Balaban J connectivity index is 1.76. The van der Waals surface area contributed by atoms with Gasteiger partial charge in [-0.2, -0.15) is 0 Å². The second-order valence-corrected chi connectivity index (χ2v) is 14.8. The molecule has 0 bridgehead atoms. The quantitative estimate of drug-likeness (QED) is 0.352. The first-order valence-electron chi connectivity index (χ1n) is 13.9. The topological polar surface area (TPSA) is 135 Å². The molecule has 37 heavy (non-hydrogen) atoms. The summed E-state index contributed by atoms with van der Waals surface area (Å²) in [5, 5.41) is 54.8. The van der Waals surface area contributed by atoms with Crippen LogP contribution in [0.15, 0.2) is 11.6 Å².